The van der Waals surface area contributed by atoms with Gasteiger partial charge in [0.15, 0.2) is 0 Å². The molecule has 1 aromatic heterocycles. The maximum Gasteiger partial charge on any atom is 0.254 e. The molecule has 5 heteroatoms. The van der Waals surface area contributed by atoms with E-state index in [0.29, 0.717) is 24.5 Å². The number of hydrogen-bond acceptors (Lipinski definition) is 4. The molecule has 1 amide bonds. The molecule has 0 aliphatic heterocycles. The molecule has 0 N–H and O–H groups in total. The molecule has 0 saturated carbocycles. The molecule has 0 bridgehead atoms. The number of benzene rings is 2. The first-order chi connectivity index (χ1) is 13.6. The minimum absolute atomic E-state index is 0.0305. The molecule has 3 aromatic rings. The van der Waals surface area contributed by atoms with E-state index in [1.165, 1.54) is 0 Å². The summed E-state index contributed by atoms with van der Waals surface area (Å²) in [6.07, 6.45) is 0.914. The Morgan fingerprint density at radius 1 is 1.07 bits per heavy atom. The molecule has 0 aliphatic rings. The van der Waals surface area contributed by atoms with Crippen LogP contribution in [-0.2, 0) is 13.2 Å². The molecular formula is C23H26N2O3. The number of carbonyl (C=O) groups excluding carboxylic acids is 1. The van der Waals surface area contributed by atoms with Gasteiger partial charge >= 0.3 is 0 Å². The second kappa shape index (κ2) is 9.22. The molecule has 1 heterocycles. The molecule has 0 aliphatic carbocycles. The van der Waals surface area contributed by atoms with Crippen LogP contribution in [0.1, 0.15) is 46.3 Å². The van der Waals surface area contributed by atoms with Gasteiger partial charge in [-0.25, -0.2) is 0 Å². The van der Waals surface area contributed by atoms with E-state index in [0.717, 1.165) is 35.5 Å². The molecule has 5 nitrogen and oxygen atoms in total. The normalized spacial score (nSPS) is 10.7. The van der Waals surface area contributed by atoms with E-state index >= 15 is 0 Å². The summed E-state index contributed by atoms with van der Waals surface area (Å²) in [5, 5.41) is 3.93. The highest BCUT2D eigenvalue weighted by Gasteiger charge is 2.16. The van der Waals surface area contributed by atoms with Crippen LogP contribution in [-0.4, -0.2) is 22.5 Å². The fourth-order valence-electron chi connectivity index (χ4n) is 3.07. The molecule has 2 aromatic carbocycles. The van der Waals surface area contributed by atoms with Gasteiger partial charge in [-0.3, -0.25) is 4.79 Å². The first-order valence-electron chi connectivity index (χ1n) is 9.56. The van der Waals surface area contributed by atoms with Crippen LogP contribution >= 0.6 is 0 Å². The van der Waals surface area contributed by atoms with Gasteiger partial charge in [-0.15, -0.1) is 0 Å². The standard InChI is InChI=1S/C23H26N2O3/c1-4-14-25(15-19-8-6-5-7-9-19)23(26)20-10-12-21(13-11-20)27-16-22-17(2)24-28-18(22)3/h5-13H,4,14-16H2,1-3H3. The topological polar surface area (TPSA) is 55.6 Å². The van der Waals surface area contributed by atoms with Crippen molar-refractivity contribution in [3.63, 3.8) is 0 Å². The third-order valence-corrected chi connectivity index (χ3v) is 4.66. The van der Waals surface area contributed by atoms with Crippen LogP contribution in [0.3, 0.4) is 0 Å². The van der Waals surface area contributed by atoms with Crippen molar-refractivity contribution >= 4 is 5.91 Å². The summed E-state index contributed by atoms with van der Waals surface area (Å²) in [6, 6.07) is 17.4. The second-order valence-corrected chi connectivity index (χ2v) is 6.83. The van der Waals surface area contributed by atoms with Gasteiger partial charge in [0.1, 0.15) is 18.1 Å². The predicted octanol–water partition coefficient (Wildman–Crippen LogP) is 4.92. The molecule has 28 heavy (non-hydrogen) atoms. The number of aryl methyl sites for hydroxylation is 2. The number of carbonyl (C=O) groups is 1. The van der Waals surface area contributed by atoms with Crippen LogP contribution in [0.2, 0.25) is 0 Å². The highest BCUT2D eigenvalue weighted by Crippen LogP contribution is 2.19. The Hall–Kier alpha value is -3.08. The van der Waals surface area contributed by atoms with Gasteiger partial charge in [-0.05, 0) is 50.1 Å². The number of nitrogens with zero attached hydrogens (tertiary/aromatic N) is 2. The number of ether oxygens (including phenoxy) is 1. The van der Waals surface area contributed by atoms with Crippen molar-refractivity contribution in [2.75, 3.05) is 6.54 Å². The van der Waals surface area contributed by atoms with Gasteiger partial charge in [0.05, 0.1) is 11.3 Å². The van der Waals surface area contributed by atoms with Crippen LogP contribution in [0.25, 0.3) is 0 Å². The Morgan fingerprint density at radius 2 is 1.79 bits per heavy atom. The minimum Gasteiger partial charge on any atom is -0.489 e. The van der Waals surface area contributed by atoms with Crippen LogP contribution in [0.15, 0.2) is 59.1 Å². The van der Waals surface area contributed by atoms with Crippen molar-refractivity contribution in [2.45, 2.75) is 40.3 Å². The van der Waals surface area contributed by atoms with Crippen molar-refractivity contribution in [3.8, 4) is 5.75 Å². The van der Waals surface area contributed by atoms with Crippen molar-refractivity contribution in [1.29, 1.82) is 0 Å². The SMILES string of the molecule is CCCN(Cc1ccccc1)C(=O)c1ccc(OCc2c(C)noc2C)cc1. The van der Waals surface area contributed by atoms with E-state index in [9.17, 15) is 4.79 Å². The van der Waals surface area contributed by atoms with Gasteiger partial charge in [-0.2, -0.15) is 0 Å². The van der Waals surface area contributed by atoms with E-state index in [1.807, 2.05) is 73.3 Å². The fraction of sp³-hybridized carbons (Fsp3) is 0.304. The van der Waals surface area contributed by atoms with Crippen molar-refractivity contribution in [3.05, 3.63) is 82.7 Å². The lowest BCUT2D eigenvalue weighted by Crippen LogP contribution is -2.31. The van der Waals surface area contributed by atoms with Gasteiger partial charge in [0, 0.05) is 18.7 Å². The number of aromatic nitrogens is 1. The van der Waals surface area contributed by atoms with E-state index < -0.39 is 0 Å². The number of amides is 1. The van der Waals surface area contributed by atoms with Gasteiger partial charge in [-0.1, -0.05) is 42.4 Å². The molecule has 0 saturated heterocycles. The third-order valence-electron chi connectivity index (χ3n) is 4.66. The lowest BCUT2D eigenvalue weighted by atomic mass is 10.1. The van der Waals surface area contributed by atoms with Crippen LogP contribution < -0.4 is 4.74 Å². The maximum atomic E-state index is 12.9. The Kier molecular flexibility index (Phi) is 6.48. The summed E-state index contributed by atoms with van der Waals surface area (Å²) in [4.78, 5) is 14.8. The number of rotatable bonds is 8. The molecule has 0 radical (unpaired) electrons. The van der Waals surface area contributed by atoms with Gasteiger partial charge < -0.3 is 14.2 Å². The largest absolute Gasteiger partial charge is 0.489 e. The lowest BCUT2D eigenvalue weighted by Gasteiger charge is -2.22. The summed E-state index contributed by atoms with van der Waals surface area (Å²) in [7, 11) is 0. The first kappa shape index (κ1) is 19.7. The van der Waals surface area contributed by atoms with Gasteiger partial charge in [0.2, 0.25) is 0 Å². The van der Waals surface area contributed by atoms with Crippen LogP contribution in [0, 0.1) is 13.8 Å². The predicted molar refractivity (Wildman–Crippen MR) is 108 cm³/mol. The van der Waals surface area contributed by atoms with Crippen molar-refractivity contribution in [2.24, 2.45) is 0 Å². The lowest BCUT2D eigenvalue weighted by molar-refractivity contribution is 0.0743. The zero-order valence-electron chi connectivity index (χ0n) is 16.6. The van der Waals surface area contributed by atoms with Crippen molar-refractivity contribution < 1.29 is 14.1 Å². The smallest absolute Gasteiger partial charge is 0.254 e. The monoisotopic (exact) mass is 378 g/mol. The quantitative estimate of drug-likeness (QED) is 0.558. The highest BCUT2D eigenvalue weighted by atomic mass is 16.5. The van der Waals surface area contributed by atoms with E-state index in [1.54, 1.807) is 0 Å². The Bertz CT molecular complexity index is 882. The Morgan fingerprint density at radius 3 is 2.39 bits per heavy atom. The summed E-state index contributed by atoms with van der Waals surface area (Å²) in [5.41, 5.74) is 3.58. The molecule has 0 spiro atoms. The minimum atomic E-state index is 0.0305. The summed E-state index contributed by atoms with van der Waals surface area (Å²) >= 11 is 0. The molecule has 0 atom stereocenters. The average molecular weight is 378 g/mol. The van der Waals surface area contributed by atoms with E-state index in [2.05, 4.69) is 12.1 Å². The zero-order chi connectivity index (χ0) is 19.9. The summed E-state index contributed by atoms with van der Waals surface area (Å²) < 4.78 is 11.0. The highest BCUT2D eigenvalue weighted by molar-refractivity contribution is 5.94. The molecule has 0 unspecified atom stereocenters. The fourth-order valence-corrected chi connectivity index (χ4v) is 3.07. The summed E-state index contributed by atoms with van der Waals surface area (Å²) in [6.45, 7) is 7.57. The molecular weight excluding hydrogens is 352 g/mol. The molecule has 146 valence electrons. The zero-order valence-corrected chi connectivity index (χ0v) is 16.6. The van der Waals surface area contributed by atoms with E-state index in [-0.39, 0.29) is 5.91 Å². The molecule has 3 rings (SSSR count). The third kappa shape index (κ3) is 4.80. The number of hydrogen-bond donors (Lipinski definition) is 0. The summed E-state index contributed by atoms with van der Waals surface area (Å²) in [5.74, 6) is 1.50. The van der Waals surface area contributed by atoms with Crippen LogP contribution in [0.5, 0.6) is 5.75 Å². The Balaban J connectivity index is 1.66. The average Bonchev–Trinajstić information content (AvgIpc) is 3.04. The maximum absolute atomic E-state index is 12.9. The van der Waals surface area contributed by atoms with Crippen molar-refractivity contribution in [1.82, 2.24) is 10.1 Å². The van der Waals surface area contributed by atoms with E-state index in [4.69, 9.17) is 9.26 Å². The van der Waals surface area contributed by atoms with Crippen LogP contribution in [0.4, 0.5) is 0 Å². The first-order valence-corrected chi connectivity index (χ1v) is 9.56. The Labute approximate surface area is 165 Å². The van der Waals surface area contributed by atoms with Gasteiger partial charge in [0.25, 0.3) is 5.91 Å². The second-order valence-electron chi connectivity index (χ2n) is 6.83. The molecule has 0 fully saturated rings.